The van der Waals surface area contributed by atoms with E-state index >= 15 is 0 Å². The van der Waals surface area contributed by atoms with E-state index in [4.69, 9.17) is 32.9 Å². The van der Waals surface area contributed by atoms with Crippen LogP contribution in [-0.2, 0) is 14.4 Å². The number of carboxylic acid groups (broad SMARTS) is 1. The van der Waals surface area contributed by atoms with Gasteiger partial charge in [-0.1, -0.05) is 25.4 Å². The highest BCUT2D eigenvalue weighted by molar-refractivity contribution is 6.31. The minimum atomic E-state index is -1.25. The quantitative estimate of drug-likeness (QED) is 0.286. The van der Waals surface area contributed by atoms with Gasteiger partial charge in [0.05, 0.1) is 5.56 Å². The van der Waals surface area contributed by atoms with Crippen LogP contribution in [0.1, 0.15) is 50.4 Å². The second-order valence-electron chi connectivity index (χ2n) is 7.94. The maximum atomic E-state index is 12.9. The number of ether oxygens (including phenoxy) is 1. The van der Waals surface area contributed by atoms with Crippen LogP contribution in [-0.4, -0.2) is 53.5 Å². The molecule has 178 valence electrons. The Bertz CT molecular complexity index is 833. The third-order valence-electron chi connectivity index (χ3n) is 4.44. The van der Waals surface area contributed by atoms with Crippen molar-refractivity contribution in [3.8, 4) is 5.75 Å². The number of carbonyl (C=O) groups is 4. The summed E-state index contributed by atoms with van der Waals surface area (Å²) >= 11 is 6.03. The smallest absolute Gasteiger partial charge is 0.325 e. The average molecular weight is 471 g/mol. The number of hydrogen-bond acceptors (Lipinski definition) is 6. The molecule has 0 saturated heterocycles. The first kappa shape index (κ1) is 27.2. The van der Waals surface area contributed by atoms with Crippen molar-refractivity contribution in [3.05, 3.63) is 28.8 Å². The maximum Gasteiger partial charge on any atom is 0.325 e. The Labute approximate surface area is 192 Å². The van der Waals surface area contributed by atoms with Gasteiger partial charge in [-0.25, -0.2) is 0 Å². The number of rotatable bonds is 13. The van der Waals surface area contributed by atoms with E-state index in [-0.39, 0.29) is 41.8 Å². The molecule has 0 heterocycles. The van der Waals surface area contributed by atoms with Crippen molar-refractivity contribution in [3.63, 3.8) is 0 Å². The van der Waals surface area contributed by atoms with E-state index in [1.807, 2.05) is 13.8 Å². The zero-order valence-corrected chi connectivity index (χ0v) is 19.1. The Kier molecular flexibility index (Phi) is 10.9. The normalized spacial score (nSPS) is 13.7. The molecule has 0 unspecified atom stereocenters. The number of carboxylic acids is 1. The molecule has 0 saturated carbocycles. The first-order chi connectivity index (χ1) is 14.9. The minimum Gasteiger partial charge on any atom is -0.491 e. The summed E-state index contributed by atoms with van der Waals surface area (Å²) in [4.78, 5) is 47.6. The van der Waals surface area contributed by atoms with Gasteiger partial charge < -0.3 is 31.9 Å². The SMILES string of the molecule is CC(C)C[C@@H](N)COc1ccc(Cl)cc1C(=O)N[C@@H](CCC(N)=O)C(=O)N[C@@H](C)C(=O)O. The molecule has 0 radical (unpaired) electrons. The number of hydrogen-bond donors (Lipinski definition) is 5. The van der Waals surface area contributed by atoms with E-state index in [2.05, 4.69) is 10.6 Å². The Balaban J connectivity index is 3.02. The lowest BCUT2D eigenvalue weighted by Gasteiger charge is -2.21. The molecule has 32 heavy (non-hydrogen) atoms. The van der Waals surface area contributed by atoms with Gasteiger partial charge in [0.1, 0.15) is 24.4 Å². The number of nitrogens with one attached hydrogen (secondary N) is 2. The Morgan fingerprint density at radius 3 is 2.38 bits per heavy atom. The standard InChI is InChI=1S/C21H31ClN4O6/c1-11(2)8-14(23)10-32-17-6-4-13(22)9-15(17)19(28)26-16(5-7-18(24)27)20(29)25-12(3)21(30)31/h4,6,9,11-12,14,16H,5,7-8,10,23H2,1-3H3,(H2,24,27)(H,25,29)(H,26,28)(H,30,31)/t12-,14+,16-/m0/s1. The molecule has 0 aromatic heterocycles. The van der Waals surface area contributed by atoms with Crippen LogP contribution in [0, 0.1) is 5.92 Å². The van der Waals surface area contributed by atoms with Crippen molar-refractivity contribution in [1.82, 2.24) is 10.6 Å². The lowest BCUT2D eigenvalue weighted by atomic mass is 10.1. The van der Waals surface area contributed by atoms with E-state index in [1.54, 1.807) is 6.07 Å². The minimum absolute atomic E-state index is 0.0670. The predicted molar refractivity (Wildman–Crippen MR) is 119 cm³/mol. The lowest BCUT2D eigenvalue weighted by molar-refractivity contribution is -0.141. The molecule has 10 nitrogen and oxygen atoms in total. The van der Waals surface area contributed by atoms with Gasteiger partial charge in [-0.15, -0.1) is 0 Å². The molecule has 0 fully saturated rings. The molecule has 0 aliphatic heterocycles. The van der Waals surface area contributed by atoms with Gasteiger partial charge in [0.15, 0.2) is 0 Å². The van der Waals surface area contributed by atoms with E-state index in [1.165, 1.54) is 19.1 Å². The Morgan fingerprint density at radius 2 is 1.81 bits per heavy atom. The van der Waals surface area contributed by atoms with Crippen LogP contribution in [0.25, 0.3) is 0 Å². The fourth-order valence-corrected chi connectivity index (χ4v) is 3.02. The van der Waals surface area contributed by atoms with Crippen LogP contribution in [0.5, 0.6) is 5.75 Å². The van der Waals surface area contributed by atoms with Crippen LogP contribution in [0.3, 0.4) is 0 Å². The molecule has 0 aliphatic rings. The van der Waals surface area contributed by atoms with E-state index < -0.39 is 35.8 Å². The number of benzene rings is 1. The molecule has 0 bridgehead atoms. The molecule has 11 heteroatoms. The van der Waals surface area contributed by atoms with Crippen LogP contribution in [0.4, 0.5) is 0 Å². The highest BCUT2D eigenvalue weighted by Crippen LogP contribution is 2.24. The lowest BCUT2D eigenvalue weighted by Crippen LogP contribution is -2.51. The third-order valence-corrected chi connectivity index (χ3v) is 4.68. The Morgan fingerprint density at radius 1 is 1.16 bits per heavy atom. The van der Waals surface area contributed by atoms with Crippen molar-refractivity contribution in [1.29, 1.82) is 0 Å². The predicted octanol–water partition coefficient (Wildman–Crippen LogP) is 1.05. The van der Waals surface area contributed by atoms with Crippen molar-refractivity contribution in [2.45, 2.75) is 58.2 Å². The molecule has 1 rings (SSSR count). The maximum absolute atomic E-state index is 12.9. The van der Waals surface area contributed by atoms with E-state index in [0.717, 1.165) is 6.42 Å². The molecule has 3 atom stereocenters. The van der Waals surface area contributed by atoms with Crippen molar-refractivity contribution in [2.24, 2.45) is 17.4 Å². The summed E-state index contributed by atoms with van der Waals surface area (Å²) in [6.07, 6.45) is 0.421. The van der Waals surface area contributed by atoms with Gasteiger partial charge >= 0.3 is 5.97 Å². The van der Waals surface area contributed by atoms with Crippen LogP contribution >= 0.6 is 11.6 Å². The zero-order valence-electron chi connectivity index (χ0n) is 18.4. The second kappa shape index (κ2) is 12.9. The van der Waals surface area contributed by atoms with E-state index in [9.17, 15) is 19.2 Å². The van der Waals surface area contributed by atoms with Gasteiger partial charge in [0, 0.05) is 17.5 Å². The highest BCUT2D eigenvalue weighted by atomic mass is 35.5. The number of aliphatic carboxylic acids is 1. The van der Waals surface area contributed by atoms with Gasteiger partial charge in [-0.2, -0.15) is 0 Å². The van der Waals surface area contributed by atoms with Crippen molar-refractivity contribution < 1.29 is 29.0 Å². The molecule has 3 amide bonds. The number of carbonyl (C=O) groups excluding carboxylic acids is 3. The molecule has 0 aliphatic carbocycles. The van der Waals surface area contributed by atoms with Gasteiger partial charge in [0.2, 0.25) is 11.8 Å². The Hall–Kier alpha value is -2.85. The molecular weight excluding hydrogens is 440 g/mol. The number of amides is 3. The zero-order chi connectivity index (χ0) is 24.4. The van der Waals surface area contributed by atoms with Crippen molar-refractivity contribution in [2.75, 3.05) is 6.61 Å². The molecular formula is C21H31ClN4O6. The summed E-state index contributed by atoms with van der Waals surface area (Å²) < 4.78 is 5.72. The molecule has 7 N–H and O–H groups in total. The topological polar surface area (TPSA) is 174 Å². The first-order valence-corrected chi connectivity index (χ1v) is 10.6. The van der Waals surface area contributed by atoms with Crippen LogP contribution in [0.2, 0.25) is 5.02 Å². The third kappa shape index (κ3) is 9.52. The monoisotopic (exact) mass is 470 g/mol. The van der Waals surface area contributed by atoms with Gasteiger partial charge in [-0.05, 0) is 43.9 Å². The largest absolute Gasteiger partial charge is 0.491 e. The van der Waals surface area contributed by atoms with E-state index in [0.29, 0.717) is 5.92 Å². The summed E-state index contributed by atoms with van der Waals surface area (Å²) in [5, 5.41) is 14.0. The van der Waals surface area contributed by atoms with Crippen LogP contribution < -0.4 is 26.8 Å². The summed E-state index contributed by atoms with van der Waals surface area (Å²) in [6, 6.07) is 1.81. The molecule has 1 aromatic carbocycles. The van der Waals surface area contributed by atoms with Gasteiger partial charge in [-0.3, -0.25) is 19.2 Å². The summed E-state index contributed by atoms with van der Waals surface area (Å²) in [5.41, 5.74) is 11.3. The molecule has 0 spiro atoms. The number of nitrogens with two attached hydrogens (primary N) is 2. The first-order valence-electron chi connectivity index (χ1n) is 10.2. The number of primary amides is 1. The number of halogens is 1. The fourth-order valence-electron chi connectivity index (χ4n) is 2.84. The van der Waals surface area contributed by atoms with Gasteiger partial charge in [0.25, 0.3) is 5.91 Å². The fraction of sp³-hybridized carbons (Fsp3) is 0.524. The second-order valence-corrected chi connectivity index (χ2v) is 8.38. The summed E-state index contributed by atoms with van der Waals surface area (Å²) in [6.45, 7) is 5.51. The molecule has 1 aromatic rings. The average Bonchev–Trinajstić information content (AvgIpc) is 2.68. The van der Waals surface area contributed by atoms with Crippen molar-refractivity contribution >= 4 is 35.3 Å². The summed E-state index contributed by atoms with van der Waals surface area (Å²) in [7, 11) is 0. The highest BCUT2D eigenvalue weighted by Gasteiger charge is 2.26. The summed E-state index contributed by atoms with van der Waals surface area (Å²) in [5.74, 6) is -2.78. The van der Waals surface area contributed by atoms with Crippen LogP contribution in [0.15, 0.2) is 18.2 Å².